The predicted molar refractivity (Wildman–Crippen MR) is 106 cm³/mol. The number of aromatic nitrogens is 2. The van der Waals surface area contributed by atoms with Crippen LogP contribution in [0.1, 0.15) is 12.5 Å². The van der Waals surface area contributed by atoms with Gasteiger partial charge in [0.25, 0.3) is 0 Å². The molecule has 7 heteroatoms. The first-order valence-electron chi connectivity index (χ1n) is 8.30. The Morgan fingerprint density at radius 1 is 1.16 bits per heavy atom. The Balaban J connectivity index is 1.48. The lowest BCUT2D eigenvalue weighted by Crippen LogP contribution is -2.51. The van der Waals surface area contributed by atoms with Crippen LogP contribution in [-0.2, 0) is 10.5 Å². The largest absolute Gasteiger partial charge is 0.338 e. The van der Waals surface area contributed by atoms with Gasteiger partial charge in [-0.3, -0.25) is 4.79 Å². The first-order chi connectivity index (χ1) is 12.1. The van der Waals surface area contributed by atoms with Gasteiger partial charge in [-0.1, -0.05) is 30.3 Å². The number of rotatable bonds is 5. The van der Waals surface area contributed by atoms with Gasteiger partial charge >= 0.3 is 0 Å². The number of hydrogen-bond acceptors (Lipinski definition) is 5. The molecule has 1 aromatic heterocycles. The van der Waals surface area contributed by atoms with Crippen LogP contribution in [0.25, 0.3) is 0 Å². The van der Waals surface area contributed by atoms with E-state index in [1.54, 1.807) is 24.2 Å². The average Bonchev–Trinajstić information content (AvgIpc) is 2.67. The molecule has 0 unspecified atom stereocenters. The van der Waals surface area contributed by atoms with Gasteiger partial charge in [-0.2, -0.15) is 0 Å². The molecule has 1 aliphatic rings. The van der Waals surface area contributed by atoms with Crippen LogP contribution in [-0.4, -0.2) is 52.2 Å². The van der Waals surface area contributed by atoms with E-state index in [4.69, 9.17) is 0 Å². The van der Waals surface area contributed by atoms with Gasteiger partial charge in [-0.05, 0) is 28.4 Å². The van der Waals surface area contributed by atoms with Crippen molar-refractivity contribution in [3.8, 4) is 0 Å². The van der Waals surface area contributed by atoms with E-state index in [-0.39, 0.29) is 11.2 Å². The number of hydrogen-bond donors (Lipinski definition) is 0. The molecule has 1 amide bonds. The summed E-state index contributed by atoms with van der Waals surface area (Å²) in [7, 11) is 0. The van der Waals surface area contributed by atoms with E-state index >= 15 is 0 Å². The Morgan fingerprint density at radius 2 is 1.80 bits per heavy atom. The molecule has 1 saturated heterocycles. The second kappa shape index (κ2) is 8.67. The van der Waals surface area contributed by atoms with Gasteiger partial charge in [-0.25, -0.2) is 9.97 Å². The second-order valence-corrected chi connectivity index (χ2v) is 8.20. The van der Waals surface area contributed by atoms with Crippen LogP contribution in [0.4, 0.5) is 5.95 Å². The molecule has 1 atom stereocenters. The maximum absolute atomic E-state index is 12.7. The first kappa shape index (κ1) is 18.2. The molecule has 25 heavy (non-hydrogen) atoms. The topological polar surface area (TPSA) is 49.3 Å². The number of benzene rings is 1. The number of piperazine rings is 1. The van der Waals surface area contributed by atoms with Crippen molar-refractivity contribution in [2.45, 2.75) is 17.9 Å². The Morgan fingerprint density at radius 3 is 2.44 bits per heavy atom. The van der Waals surface area contributed by atoms with Gasteiger partial charge in [0.1, 0.15) is 0 Å². The molecule has 1 aliphatic heterocycles. The maximum Gasteiger partial charge on any atom is 0.235 e. The zero-order valence-electron chi connectivity index (χ0n) is 14.1. The normalized spacial score (nSPS) is 15.9. The van der Waals surface area contributed by atoms with E-state index in [1.807, 2.05) is 30.0 Å². The summed E-state index contributed by atoms with van der Waals surface area (Å²) in [6.45, 7) is 4.97. The van der Waals surface area contributed by atoms with Crippen molar-refractivity contribution >= 4 is 39.5 Å². The van der Waals surface area contributed by atoms with Crippen LogP contribution in [0, 0.1) is 0 Å². The molecular weight excluding hydrogens is 400 g/mol. The number of thioether (sulfide) groups is 1. The van der Waals surface area contributed by atoms with Crippen LogP contribution in [0.15, 0.2) is 47.2 Å². The molecule has 0 saturated carbocycles. The van der Waals surface area contributed by atoms with Gasteiger partial charge in [-0.15, -0.1) is 11.8 Å². The molecule has 5 nitrogen and oxygen atoms in total. The van der Waals surface area contributed by atoms with Crippen molar-refractivity contribution in [1.82, 2.24) is 14.9 Å². The number of carbonyl (C=O) groups excluding carboxylic acids is 1. The van der Waals surface area contributed by atoms with E-state index in [1.165, 1.54) is 5.56 Å². The molecule has 0 bridgehead atoms. The fourth-order valence-corrected chi connectivity index (χ4v) is 3.85. The van der Waals surface area contributed by atoms with Crippen molar-refractivity contribution in [2.75, 3.05) is 31.1 Å². The van der Waals surface area contributed by atoms with Crippen molar-refractivity contribution in [3.05, 3.63) is 52.8 Å². The minimum Gasteiger partial charge on any atom is -0.338 e. The Bertz CT molecular complexity index is 690. The number of nitrogens with zero attached hydrogens (tertiary/aromatic N) is 4. The summed E-state index contributed by atoms with van der Waals surface area (Å²) in [6, 6.07) is 10.3. The van der Waals surface area contributed by atoms with Gasteiger partial charge in [0, 0.05) is 44.3 Å². The number of carbonyl (C=O) groups is 1. The lowest BCUT2D eigenvalue weighted by atomic mass is 10.2. The summed E-state index contributed by atoms with van der Waals surface area (Å²) >= 11 is 5.04. The molecule has 2 aromatic rings. The highest BCUT2D eigenvalue weighted by Gasteiger charge is 2.26. The molecule has 2 heterocycles. The lowest BCUT2D eigenvalue weighted by Gasteiger charge is -2.35. The highest BCUT2D eigenvalue weighted by atomic mass is 79.9. The molecule has 3 rings (SSSR count). The highest BCUT2D eigenvalue weighted by Crippen LogP contribution is 2.20. The monoisotopic (exact) mass is 420 g/mol. The third-order valence-electron chi connectivity index (χ3n) is 4.17. The SMILES string of the molecule is C[C@@H](SCc1ccccc1)C(=O)N1CCN(c2ncc(Br)cn2)CC1. The number of anilines is 1. The third-order valence-corrected chi connectivity index (χ3v) is 5.78. The van der Waals surface area contributed by atoms with Crippen LogP contribution in [0.5, 0.6) is 0 Å². The molecule has 0 spiro atoms. The predicted octanol–water partition coefficient (Wildman–Crippen LogP) is 3.21. The van der Waals surface area contributed by atoms with E-state index in [9.17, 15) is 4.79 Å². The minimum atomic E-state index is -0.0318. The molecule has 1 aromatic carbocycles. The molecular formula is C18H21BrN4OS. The number of halogens is 1. The van der Waals surface area contributed by atoms with Crippen LogP contribution in [0.3, 0.4) is 0 Å². The maximum atomic E-state index is 12.7. The number of amides is 1. The molecule has 0 radical (unpaired) electrons. The Kier molecular flexibility index (Phi) is 6.31. The van der Waals surface area contributed by atoms with Crippen molar-refractivity contribution in [1.29, 1.82) is 0 Å². The van der Waals surface area contributed by atoms with Crippen molar-refractivity contribution in [3.63, 3.8) is 0 Å². The quantitative estimate of drug-likeness (QED) is 0.742. The zero-order chi connectivity index (χ0) is 17.6. The molecule has 1 fully saturated rings. The van der Waals surface area contributed by atoms with E-state index in [2.05, 4.69) is 42.9 Å². The Hall–Kier alpha value is -1.60. The molecule has 0 N–H and O–H groups in total. The van der Waals surface area contributed by atoms with E-state index < -0.39 is 0 Å². The van der Waals surface area contributed by atoms with Crippen LogP contribution >= 0.6 is 27.7 Å². The molecule has 132 valence electrons. The average molecular weight is 421 g/mol. The Labute approximate surface area is 161 Å². The smallest absolute Gasteiger partial charge is 0.235 e. The summed E-state index contributed by atoms with van der Waals surface area (Å²) < 4.78 is 0.870. The van der Waals surface area contributed by atoms with Crippen LogP contribution in [0.2, 0.25) is 0 Å². The minimum absolute atomic E-state index is 0.0318. The first-order valence-corrected chi connectivity index (χ1v) is 10.1. The highest BCUT2D eigenvalue weighted by molar-refractivity contribution is 9.10. The fourth-order valence-electron chi connectivity index (χ4n) is 2.72. The zero-order valence-corrected chi connectivity index (χ0v) is 16.5. The summed E-state index contributed by atoms with van der Waals surface area (Å²) in [5.41, 5.74) is 1.25. The van der Waals surface area contributed by atoms with Gasteiger partial charge in [0.2, 0.25) is 11.9 Å². The second-order valence-electron chi connectivity index (χ2n) is 5.95. The van der Waals surface area contributed by atoms with Gasteiger partial charge in [0.05, 0.1) is 9.72 Å². The van der Waals surface area contributed by atoms with Crippen molar-refractivity contribution < 1.29 is 4.79 Å². The summed E-state index contributed by atoms with van der Waals surface area (Å²) in [4.78, 5) is 25.4. The summed E-state index contributed by atoms with van der Waals surface area (Å²) in [6.07, 6.45) is 3.50. The van der Waals surface area contributed by atoms with Gasteiger partial charge < -0.3 is 9.80 Å². The third kappa shape index (κ3) is 4.95. The van der Waals surface area contributed by atoms with E-state index in [0.717, 1.165) is 29.3 Å². The molecule has 0 aliphatic carbocycles. The summed E-state index contributed by atoms with van der Waals surface area (Å²) in [5, 5.41) is -0.0318. The lowest BCUT2D eigenvalue weighted by molar-refractivity contribution is -0.130. The standard InChI is InChI=1S/C18H21BrN4OS/c1-14(25-13-15-5-3-2-4-6-15)17(24)22-7-9-23(10-8-22)18-20-11-16(19)12-21-18/h2-6,11-12,14H,7-10,13H2,1H3/t14-/m1/s1. The van der Waals surface area contributed by atoms with E-state index in [0.29, 0.717) is 13.1 Å². The summed E-state index contributed by atoms with van der Waals surface area (Å²) in [5.74, 6) is 1.81. The fraction of sp³-hybridized carbons (Fsp3) is 0.389. The van der Waals surface area contributed by atoms with Gasteiger partial charge in [0.15, 0.2) is 0 Å². The van der Waals surface area contributed by atoms with Crippen molar-refractivity contribution in [2.24, 2.45) is 0 Å². The van der Waals surface area contributed by atoms with Crippen LogP contribution < -0.4 is 4.90 Å².